The van der Waals surface area contributed by atoms with E-state index in [4.69, 9.17) is 18.9 Å². The van der Waals surface area contributed by atoms with Crippen LogP contribution >= 0.6 is 0 Å². The van der Waals surface area contributed by atoms with Crippen LogP contribution in [-0.2, 0) is 0 Å². The number of rotatable bonds is 4. The predicted octanol–water partition coefficient (Wildman–Crippen LogP) is 1.86. The SMILES string of the molecule is COc1cc(OC)c(OC)c(OC)c1F. The molecule has 0 radical (unpaired) electrons. The Morgan fingerprint density at radius 2 is 1.33 bits per heavy atom. The van der Waals surface area contributed by atoms with Gasteiger partial charge in [-0.1, -0.05) is 0 Å². The van der Waals surface area contributed by atoms with Crippen molar-refractivity contribution in [3.05, 3.63) is 11.9 Å². The van der Waals surface area contributed by atoms with Crippen LogP contribution in [0.3, 0.4) is 0 Å². The van der Waals surface area contributed by atoms with Gasteiger partial charge in [-0.3, -0.25) is 0 Å². The minimum Gasteiger partial charge on any atom is -0.493 e. The molecule has 0 saturated heterocycles. The standard InChI is InChI=1S/C10H13FO4/c1-12-6-5-7(13-2)9(14-3)10(15-4)8(6)11/h5H,1-4H3. The number of ether oxygens (including phenoxy) is 4. The summed E-state index contributed by atoms with van der Waals surface area (Å²) < 4.78 is 33.4. The largest absolute Gasteiger partial charge is 0.493 e. The molecule has 1 rings (SSSR count). The van der Waals surface area contributed by atoms with E-state index in [-0.39, 0.29) is 17.2 Å². The summed E-state index contributed by atoms with van der Waals surface area (Å²) >= 11 is 0. The highest BCUT2D eigenvalue weighted by molar-refractivity contribution is 5.57. The summed E-state index contributed by atoms with van der Waals surface area (Å²) in [4.78, 5) is 0. The van der Waals surface area contributed by atoms with E-state index in [1.54, 1.807) is 0 Å². The van der Waals surface area contributed by atoms with Crippen molar-refractivity contribution in [2.75, 3.05) is 28.4 Å². The highest BCUT2D eigenvalue weighted by Gasteiger charge is 2.21. The van der Waals surface area contributed by atoms with E-state index in [9.17, 15) is 4.39 Å². The van der Waals surface area contributed by atoms with Gasteiger partial charge in [0.1, 0.15) is 0 Å². The van der Waals surface area contributed by atoms with E-state index in [1.807, 2.05) is 0 Å². The van der Waals surface area contributed by atoms with E-state index in [0.29, 0.717) is 5.75 Å². The molecule has 15 heavy (non-hydrogen) atoms. The maximum Gasteiger partial charge on any atom is 0.210 e. The second-order valence-corrected chi connectivity index (χ2v) is 2.66. The van der Waals surface area contributed by atoms with Gasteiger partial charge in [-0.2, -0.15) is 4.39 Å². The molecule has 0 aliphatic rings. The molecule has 0 N–H and O–H groups in total. The van der Waals surface area contributed by atoms with Crippen LogP contribution in [0.5, 0.6) is 23.0 Å². The second kappa shape index (κ2) is 4.72. The first-order valence-corrected chi connectivity index (χ1v) is 4.22. The number of hydrogen-bond donors (Lipinski definition) is 0. The van der Waals surface area contributed by atoms with E-state index in [1.165, 1.54) is 34.5 Å². The summed E-state index contributed by atoms with van der Waals surface area (Å²) in [5, 5.41) is 0. The van der Waals surface area contributed by atoms with E-state index in [0.717, 1.165) is 0 Å². The summed E-state index contributed by atoms with van der Waals surface area (Å²) in [5.74, 6) is -0.0400. The third-order valence-corrected chi connectivity index (χ3v) is 1.96. The molecule has 4 nitrogen and oxygen atoms in total. The van der Waals surface area contributed by atoms with E-state index < -0.39 is 5.82 Å². The lowest BCUT2D eigenvalue weighted by molar-refractivity contribution is 0.299. The van der Waals surface area contributed by atoms with Gasteiger partial charge < -0.3 is 18.9 Å². The molecule has 0 amide bonds. The molecule has 0 saturated carbocycles. The zero-order valence-corrected chi connectivity index (χ0v) is 9.09. The normalized spacial score (nSPS) is 9.67. The fourth-order valence-electron chi connectivity index (χ4n) is 1.25. The summed E-state index contributed by atoms with van der Waals surface area (Å²) in [7, 11) is 5.57. The monoisotopic (exact) mass is 216 g/mol. The smallest absolute Gasteiger partial charge is 0.210 e. The van der Waals surface area contributed by atoms with Gasteiger partial charge in [0.25, 0.3) is 0 Å². The van der Waals surface area contributed by atoms with Crippen LogP contribution < -0.4 is 18.9 Å². The quantitative estimate of drug-likeness (QED) is 0.769. The second-order valence-electron chi connectivity index (χ2n) is 2.66. The lowest BCUT2D eigenvalue weighted by Crippen LogP contribution is -1.99. The van der Waals surface area contributed by atoms with Crippen LogP contribution in [0.4, 0.5) is 4.39 Å². The third-order valence-electron chi connectivity index (χ3n) is 1.96. The fourth-order valence-corrected chi connectivity index (χ4v) is 1.25. The molecule has 0 aromatic heterocycles. The molecule has 0 atom stereocenters. The average Bonchev–Trinajstić information content (AvgIpc) is 2.28. The molecule has 1 aromatic carbocycles. The van der Waals surface area contributed by atoms with Gasteiger partial charge in [0, 0.05) is 6.07 Å². The van der Waals surface area contributed by atoms with E-state index >= 15 is 0 Å². The molecular weight excluding hydrogens is 203 g/mol. The van der Waals surface area contributed by atoms with Crippen LogP contribution in [0.25, 0.3) is 0 Å². The number of hydrogen-bond acceptors (Lipinski definition) is 4. The number of methoxy groups -OCH3 is 4. The predicted molar refractivity (Wildman–Crippen MR) is 52.6 cm³/mol. The molecule has 0 aliphatic heterocycles. The topological polar surface area (TPSA) is 36.9 Å². The molecule has 0 bridgehead atoms. The van der Waals surface area contributed by atoms with Crippen LogP contribution in [-0.4, -0.2) is 28.4 Å². The Kier molecular flexibility index (Phi) is 3.60. The van der Waals surface area contributed by atoms with Crippen LogP contribution in [0.2, 0.25) is 0 Å². The zero-order chi connectivity index (χ0) is 11.4. The first-order chi connectivity index (χ1) is 7.19. The highest BCUT2D eigenvalue weighted by atomic mass is 19.1. The van der Waals surface area contributed by atoms with Gasteiger partial charge in [0.05, 0.1) is 28.4 Å². The molecule has 0 unspecified atom stereocenters. The first kappa shape index (κ1) is 11.4. The summed E-state index contributed by atoms with van der Waals surface area (Å²) in [6.45, 7) is 0. The molecule has 1 aromatic rings. The number of halogens is 1. The lowest BCUT2D eigenvalue weighted by Gasteiger charge is -2.14. The molecule has 0 aliphatic carbocycles. The lowest BCUT2D eigenvalue weighted by atomic mass is 10.2. The van der Waals surface area contributed by atoms with Crippen molar-refractivity contribution in [1.29, 1.82) is 0 Å². The van der Waals surface area contributed by atoms with Crippen LogP contribution in [0.1, 0.15) is 0 Å². The summed E-state index contributed by atoms with van der Waals surface area (Å²) in [6.07, 6.45) is 0. The highest BCUT2D eigenvalue weighted by Crippen LogP contribution is 2.43. The van der Waals surface area contributed by atoms with Gasteiger partial charge in [0.15, 0.2) is 11.5 Å². The Bertz CT molecular complexity index is 352. The average molecular weight is 216 g/mol. The Labute approximate surface area is 87.5 Å². The van der Waals surface area contributed by atoms with Crippen molar-refractivity contribution in [3.63, 3.8) is 0 Å². The van der Waals surface area contributed by atoms with Gasteiger partial charge in [-0.05, 0) is 0 Å². The van der Waals surface area contributed by atoms with Gasteiger partial charge in [-0.15, -0.1) is 0 Å². The van der Waals surface area contributed by atoms with Crippen molar-refractivity contribution in [2.45, 2.75) is 0 Å². The van der Waals surface area contributed by atoms with Crippen molar-refractivity contribution in [3.8, 4) is 23.0 Å². The Balaban J connectivity index is 3.43. The Hall–Kier alpha value is -1.65. The minimum absolute atomic E-state index is 0.0336. The molecule has 0 spiro atoms. The minimum atomic E-state index is -0.613. The van der Waals surface area contributed by atoms with Gasteiger partial charge in [-0.25, -0.2) is 0 Å². The first-order valence-electron chi connectivity index (χ1n) is 4.22. The molecule has 0 fully saturated rings. The summed E-state index contributed by atoms with van der Waals surface area (Å²) in [6, 6.07) is 1.40. The molecule has 5 heteroatoms. The molecular formula is C10H13FO4. The summed E-state index contributed by atoms with van der Waals surface area (Å²) in [5.41, 5.74) is 0. The number of benzene rings is 1. The maximum absolute atomic E-state index is 13.7. The van der Waals surface area contributed by atoms with Crippen LogP contribution in [0, 0.1) is 5.82 Å². The third kappa shape index (κ3) is 1.91. The van der Waals surface area contributed by atoms with Crippen molar-refractivity contribution >= 4 is 0 Å². The van der Waals surface area contributed by atoms with Crippen LogP contribution in [0.15, 0.2) is 6.07 Å². The molecule has 0 heterocycles. The Morgan fingerprint density at radius 3 is 1.73 bits per heavy atom. The molecule has 84 valence electrons. The van der Waals surface area contributed by atoms with Crippen molar-refractivity contribution in [1.82, 2.24) is 0 Å². The van der Waals surface area contributed by atoms with Gasteiger partial charge >= 0.3 is 0 Å². The van der Waals surface area contributed by atoms with Crippen molar-refractivity contribution in [2.24, 2.45) is 0 Å². The Morgan fingerprint density at radius 1 is 0.800 bits per heavy atom. The fraction of sp³-hybridized carbons (Fsp3) is 0.400. The van der Waals surface area contributed by atoms with E-state index in [2.05, 4.69) is 0 Å². The zero-order valence-electron chi connectivity index (χ0n) is 9.09. The van der Waals surface area contributed by atoms with Gasteiger partial charge in [0.2, 0.25) is 17.3 Å². The van der Waals surface area contributed by atoms with Crippen molar-refractivity contribution < 1.29 is 23.3 Å². The maximum atomic E-state index is 13.7.